The number of hydrogen-bond donors (Lipinski definition) is 4. The summed E-state index contributed by atoms with van der Waals surface area (Å²) >= 11 is 21.3. The molecule has 0 aromatic carbocycles. The molecule has 4 saturated carbocycles. The van der Waals surface area contributed by atoms with Crippen LogP contribution >= 0.6 is 48.9 Å². The van der Waals surface area contributed by atoms with E-state index < -0.39 is 0 Å². The standard InChI is InChI=1S/2C15H24N4O2S2.Na/c2*1-3-18(14(22)10-5-6-10)16-12(20)9-13(21)17-19(4-2)15(23)11-7-8-11;/h2*10-11H,3-9H2,1-2H3,(H,16,20)(H,17,21);/q;;+1. The van der Waals surface area contributed by atoms with Crippen LogP contribution in [0.25, 0.3) is 0 Å². The first-order chi connectivity index (χ1) is 21.9. The summed E-state index contributed by atoms with van der Waals surface area (Å²) in [7, 11) is 0. The van der Waals surface area contributed by atoms with Crippen molar-refractivity contribution in [2.24, 2.45) is 23.7 Å². The molecule has 256 valence electrons. The number of hydrogen-bond acceptors (Lipinski definition) is 8. The van der Waals surface area contributed by atoms with E-state index >= 15 is 0 Å². The summed E-state index contributed by atoms with van der Waals surface area (Å²) in [5, 5.41) is 6.65. The van der Waals surface area contributed by atoms with Crippen LogP contribution in [-0.4, -0.2) is 89.8 Å². The van der Waals surface area contributed by atoms with Crippen LogP contribution < -0.4 is 51.3 Å². The van der Waals surface area contributed by atoms with Gasteiger partial charge in [-0.1, -0.05) is 48.9 Å². The molecule has 12 nitrogen and oxygen atoms in total. The molecule has 4 fully saturated rings. The molecule has 0 aliphatic heterocycles. The molecule has 0 atom stereocenters. The fourth-order valence-corrected chi connectivity index (χ4v) is 6.06. The molecule has 4 N–H and O–H groups in total. The zero-order valence-corrected chi connectivity index (χ0v) is 33.5. The first-order valence-corrected chi connectivity index (χ1v) is 18.0. The largest absolute Gasteiger partial charge is 1.00 e. The Morgan fingerprint density at radius 1 is 0.447 bits per heavy atom. The van der Waals surface area contributed by atoms with Gasteiger partial charge < -0.3 is 0 Å². The Morgan fingerprint density at radius 3 is 0.745 bits per heavy atom. The second-order valence-electron chi connectivity index (χ2n) is 11.9. The maximum atomic E-state index is 12.0. The Labute approximate surface area is 322 Å². The van der Waals surface area contributed by atoms with Crippen molar-refractivity contribution in [3.05, 3.63) is 0 Å². The predicted octanol–water partition coefficient (Wildman–Crippen LogP) is 0.119. The fraction of sp³-hybridized carbons (Fsp3) is 0.733. The van der Waals surface area contributed by atoms with Crippen molar-refractivity contribution < 1.29 is 48.7 Å². The molecule has 17 heteroatoms. The van der Waals surface area contributed by atoms with Crippen LogP contribution in [0.2, 0.25) is 0 Å². The van der Waals surface area contributed by atoms with Crippen molar-refractivity contribution in [3.63, 3.8) is 0 Å². The van der Waals surface area contributed by atoms with Gasteiger partial charge in [0.2, 0.25) is 23.6 Å². The van der Waals surface area contributed by atoms with Crippen LogP contribution in [0.1, 0.15) is 91.9 Å². The zero-order chi connectivity index (χ0) is 34.0. The van der Waals surface area contributed by atoms with Gasteiger partial charge in [-0.2, -0.15) is 0 Å². The molecule has 0 radical (unpaired) electrons. The molecule has 0 saturated heterocycles. The van der Waals surface area contributed by atoms with Gasteiger partial charge in [0.05, 0.1) is 0 Å². The van der Waals surface area contributed by atoms with Gasteiger partial charge in [-0.15, -0.1) is 0 Å². The molecule has 4 aliphatic rings. The van der Waals surface area contributed by atoms with E-state index in [4.69, 9.17) is 48.9 Å². The third-order valence-corrected chi connectivity index (χ3v) is 9.93. The van der Waals surface area contributed by atoms with Gasteiger partial charge >= 0.3 is 29.6 Å². The number of nitrogens with one attached hydrogen (secondary N) is 4. The zero-order valence-electron chi connectivity index (χ0n) is 28.3. The Bertz CT molecular complexity index is 1020. The van der Waals surface area contributed by atoms with Gasteiger partial charge in [-0.25, -0.2) is 0 Å². The van der Waals surface area contributed by atoms with E-state index in [-0.39, 0.29) is 66.0 Å². The van der Waals surface area contributed by atoms with Crippen molar-refractivity contribution in [3.8, 4) is 0 Å². The number of hydrazine groups is 4. The van der Waals surface area contributed by atoms with Crippen molar-refractivity contribution in [2.45, 2.75) is 91.9 Å². The normalized spacial score (nSPS) is 16.1. The van der Waals surface area contributed by atoms with E-state index in [1.54, 1.807) is 20.0 Å². The molecule has 0 unspecified atom stereocenters. The van der Waals surface area contributed by atoms with Crippen molar-refractivity contribution in [1.82, 2.24) is 41.7 Å². The molecule has 4 amide bonds. The van der Waals surface area contributed by atoms with Crippen molar-refractivity contribution >= 4 is 92.5 Å². The van der Waals surface area contributed by atoms with E-state index in [0.717, 1.165) is 71.3 Å². The molecular weight excluding hydrogens is 688 g/mol. The number of carbonyl (C=O) groups is 4. The molecule has 0 bridgehead atoms. The smallest absolute Gasteiger partial charge is 0.279 e. The first kappa shape index (κ1) is 41.6. The number of thiocarbonyl (C=S) groups is 4. The minimum atomic E-state index is -0.360. The summed E-state index contributed by atoms with van der Waals surface area (Å²) < 4.78 is 0. The molecule has 0 aromatic heterocycles. The third kappa shape index (κ3) is 14.4. The monoisotopic (exact) mass is 735 g/mol. The average molecular weight is 736 g/mol. The Balaban J connectivity index is 0.000000320. The quantitative estimate of drug-likeness (QED) is 0.0942. The van der Waals surface area contributed by atoms with E-state index in [1.165, 1.54) is 0 Å². The molecule has 0 heterocycles. The van der Waals surface area contributed by atoms with Gasteiger partial charge in [0.25, 0.3) is 0 Å². The first-order valence-electron chi connectivity index (χ1n) is 16.4. The number of rotatable bonds is 12. The van der Waals surface area contributed by atoms with E-state index in [9.17, 15) is 19.2 Å². The topological polar surface area (TPSA) is 129 Å². The minimum Gasteiger partial charge on any atom is -0.279 e. The van der Waals surface area contributed by atoms with Gasteiger partial charge in [-0.3, -0.25) is 60.9 Å². The Kier molecular flexibility index (Phi) is 17.9. The molecule has 0 spiro atoms. The van der Waals surface area contributed by atoms with Crippen LogP contribution in [0, 0.1) is 23.7 Å². The van der Waals surface area contributed by atoms with Crippen molar-refractivity contribution in [1.29, 1.82) is 0 Å². The Hall–Kier alpha value is -1.56. The van der Waals surface area contributed by atoms with Crippen LogP contribution in [-0.2, 0) is 19.2 Å². The van der Waals surface area contributed by atoms with E-state index in [2.05, 4.69) is 21.7 Å². The molecule has 4 aliphatic carbocycles. The summed E-state index contributed by atoms with van der Waals surface area (Å²) in [5.74, 6) is 0.135. The number of carbonyl (C=O) groups excluding carboxylic acids is 4. The number of nitrogens with zero attached hydrogens (tertiary/aromatic N) is 4. The minimum absolute atomic E-state index is 0. The SMILES string of the molecule is CCN(NC(=O)CC(=O)NN(CC)C(=S)C1CC1)C(=S)C1CC1.CCN(NC(=O)CC(=O)NN(CC)C(=S)C1CC1)C(=S)C1CC1.[Na+]. The molecule has 47 heavy (non-hydrogen) atoms. The second-order valence-corrected chi connectivity index (χ2v) is 13.6. The summed E-state index contributed by atoms with van der Waals surface area (Å²) in [6, 6.07) is 0. The predicted molar refractivity (Wildman–Crippen MR) is 193 cm³/mol. The van der Waals surface area contributed by atoms with E-state index in [0.29, 0.717) is 49.9 Å². The fourth-order valence-electron chi connectivity index (χ4n) is 4.41. The summed E-state index contributed by atoms with van der Waals surface area (Å²) in [4.78, 5) is 51.1. The van der Waals surface area contributed by atoms with Crippen LogP contribution in [0.4, 0.5) is 0 Å². The number of amides is 4. The van der Waals surface area contributed by atoms with Gasteiger partial charge in [0.15, 0.2) is 0 Å². The summed E-state index contributed by atoms with van der Waals surface area (Å²) in [6.45, 7) is 10.0. The van der Waals surface area contributed by atoms with Crippen LogP contribution in [0.5, 0.6) is 0 Å². The van der Waals surface area contributed by atoms with Gasteiger partial charge in [0, 0.05) is 49.9 Å². The third-order valence-electron chi connectivity index (χ3n) is 7.72. The average Bonchev–Trinajstić information content (AvgIpc) is 3.87. The molecule has 0 aromatic rings. The van der Waals surface area contributed by atoms with Gasteiger partial charge in [-0.05, 0) is 79.1 Å². The summed E-state index contributed by atoms with van der Waals surface area (Å²) in [6.07, 6.45) is 8.15. The molecule has 4 rings (SSSR count). The van der Waals surface area contributed by atoms with Crippen molar-refractivity contribution in [2.75, 3.05) is 26.2 Å². The maximum absolute atomic E-state index is 12.0. The molecular formula is C30H48N8NaO4S4+. The van der Waals surface area contributed by atoms with Gasteiger partial charge in [0.1, 0.15) is 32.8 Å². The van der Waals surface area contributed by atoms with Crippen LogP contribution in [0.3, 0.4) is 0 Å². The second kappa shape index (κ2) is 20.2. The Morgan fingerprint density at radius 2 is 0.617 bits per heavy atom. The van der Waals surface area contributed by atoms with Crippen LogP contribution in [0.15, 0.2) is 0 Å². The summed E-state index contributed by atoms with van der Waals surface area (Å²) in [5.41, 5.74) is 10.9. The maximum Gasteiger partial charge on any atom is 1.00 e. The van der Waals surface area contributed by atoms with E-state index in [1.807, 2.05) is 27.7 Å².